The normalized spacial score (nSPS) is 14.3. The first-order valence-corrected chi connectivity index (χ1v) is 19.1. The van der Waals surface area contributed by atoms with Gasteiger partial charge < -0.3 is 24.6 Å². The van der Waals surface area contributed by atoms with Crippen LogP contribution in [0.4, 0.5) is 0 Å². The molecule has 0 rings (SSSR count). The Morgan fingerprint density at radius 2 is 1.09 bits per heavy atom. The monoisotopic (exact) mass is 664 g/mol. The smallest absolute Gasteiger partial charge is 0.462 e. The fourth-order valence-corrected chi connectivity index (χ4v) is 5.42. The number of aliphatic hydroxyl groups is 2. The van der Waals surface area contributed by atoms with E-state index in [9.17, 15) is 24.2 Å². The molecule has 0 aromatic carbocycles. The molecule has 0 saturated heterocycles. The molecule has 0 heterocycles. The molecule has 0 amide bonds. The van der Waals surface area contributed by atoms with Gasteiger partial charge in [-0.1, -0.05) is 116 Å². The highest BCUT2D eigenvalue weighted by atomic mass is 31.2. The number of hydrogen-bond donors (Lipinski definition) is 3. The van der Waals surface area contributed by atoms with E-state index in [2.05, 4.69) is 30.5 Å². The second-order valence-electron chi connectivity index (χ2n) is 11.9. The van der Waals surface area contributed by atoms with Gasteiger partial charge in [-0.05, 0) is 38.5 Å². The van der Waals surface area contributed by atoms with Gasteiger partial charge in [0.05, 0.1) is 19.8 Å². The Morgan fingerprint density at radius 1 is 0.644 bits per heavy atom. The number of phosphoric acid groups is 1. The van der Waals surface area contributed by atoms with Crippen molar-refractivity contribution in [3.8, 4) is 0 Å². The molecule has 0 aliphatic heterocycles. The molecule has 1 unspecified atom stereocenters. The van der Waals surface area contributed by atoms with Crippen molar-refractivity contribution in [2.75, 3.05) is 26.4 Å². The number of ether oxygens (including phenoxy) is 2. The van der Waals surface area contributed by atoms with Crippen molar-refractivity contribution >= 4 is 19.8 Å². The highest BCUT2D eigenvalue weighted by Gasteiger charge is 2.27. The number of carbonyl (C=O) groups excluding carboxylic acids is 2. The summed E-state index contributed by atoms with van der Waals surface area (Å²) < 4.78 is 32.4. The Morgan fingerprint density at radius 3 is 1.62 bits per heavy atom. The maximum atomic E-state index is 12.4. The molecular weight excluding hydrogens is 599 g/mol. The van der Waals surface area contributed by atoms with Crippen LogP contribution in [-0.4, -0.2) is 65.7 Å². The molecule has 45 heavy (non-hydrogen) atoms. The number of carbonyl (C=O) groups is 2. The van der Waals surface area contributed by atoms with Gasteiger partial charge in [-0.2, -0.15) is 0 Å². The summed E-state index contributed by atoms with van der Waals surface area (Å²) in [4.78, 5) is 34.5. The van der Waals surface area contributed by atoms with Crippen LogP contribution in [-0.2, 0) is 32.7 Å². The largest absolute Gasteiger partial charge is 0.472 e. The van der Waals surface area contributed by atoms with Gasteiger partial charge in [0.2, 0.25) is 0 Å². The number of rotatable bonds is 33. The molecule has 0 aliphatic carbocycles. The van der Waals surface area contributed by atoms with Crippen molar-refractivity contribution in [2.45, 2.75) is 167 Å². The van der Waals surface area contributed by atoms with Crippen molar-refractivity contribution in [3.63, 3.8) is 0 Å². The molecule has 10 nitrogen and oxygen atoms in total. The first kappa shape index (κ1) is 43.7. The summed E-state index contributed by atoms with van der Waals surface area (Å²) in [6.45, 7) is 2.28. The van der Waals surface area contributed by atoms with E-state index in [0.717, 1.165) is 44.9 Å². The Labute approximate surface area is 273 Å². The number of esters is 2. The minimum Gasteiger partial charge on any atom is -0.462 e. The fraction of sp³-hybridized carbons (Fsp3) is 0.882. The van der Waals surface area contributed by atoms with E-state index in [1.807, 2.05) is 0 Å². The quantitative estimate of drug-likeness (QED) is 0.0272. The molecular formula is C34H65O10P. The summed E-state index contributed by atoms with van der Waals surface area (Å²) in [5, 5.41) is 18.2. The molecule has 3 N–H and O–H groups in total. The van der Waals surface area contributed by atoms with Crippen LogP contribution in [0, 0.1) is 0 Å². The van der Waals surface area contributed by atoms with E-state index < -0.39 is 51.8 Å². The predicted molar refractivity (Wildman–Crippen MR) is 178 cm³/mol. The van der Waals surface area contributed by atoms with Crippen LogP contribution in [0.3, 0.4) is 0 Å². The predicted octanol–water partition coefficient (Wildman–Crippen LogP) is 8.11. The van der Waals surface area contributed by atoms with Crippen LogP contribution in [0.1, 0.15) is 155 Å². The van der Waals surface area contributed by atoms with Gasteiger partial charge in [0, 0.05) is 12.8 Å². The molecule has 0 aliphatic rings. The summed E-state index contributed by atoms with van der Waals surface area (Å²) in [7, 11) is -4.60. The van der Waals surface area contributed by atoms with Gasteiger partial charge in [0.15, 0.2) is 6.10 Å². The molecule has 0 radical (unpaired) electrons. The number of aliphatic hydroxyl groups excluding tert-OH is 2. The zero-order valence-corrected chi connectivity index (χ0v) is 29.2. The van der Waals surface area contributed by atoms with Crippen molar-refractivity contribution in [2.24, 2.45) is 0 Å². The third-order valence-corrected chi connectivity index (χ3v) is 8.37. The maximum absolute atomic E-state index is 12.4. The molecule has 0 saturated carbocycles. The second-order valence-corrected chi connectivity index (χ2v) is 13.4. The maximum Gasteiger partial charge on any atom is 0.472 e. The van der Waals surface area contributed by atoms with Crippen LogP contribution in [0.5, 0.6) is 0 Å². The Kier molecular flexibility index (Phi) is 30.4. The SMILES string of the molecule is CCCCCCCCCC/C=C/CCCCCC(=O)OC[C@@H](COP(=O)(O)OC[C@H](O)CO)OC(=O)CCCCCCCCC. The highest BCUT2D eigenvalue weighted by molar-refractivity contribution is 7.47. The number of hydrogen-bond acceptors (Lipinski definition) is 9. The molecule has 266 valence electrons. The molecule has 0 fully saturated rings. The van der Waals surface area contributed by atoms with Gasteiger partial charge in [-0.25, -0.2) is 4.57 Å². The van der Waals surface area contributed by atoms with Gasteiger partial charge in [0.25, 0.3) is 0 Å². The first-order chi connectivity index (χ1) is 21.7. The van der Waals surface area contributed by atoms with Crippen LogP contribution in [0.25, 0.3) is 0 Å². The van der Waals surface area contributed by atoms with Crippen LogP contribution in [0.2, 0.25) is 0 Å². The molecule has 0 spiro atoms. The van der Waals surface area contributed by atoms with E-state index in [1.54, 1.807) is 0 Å². The summed E-state index contributed by atoms with van der Waals surface area (Å²) in [6, 6.07) is 0. The summed E-state index contributed by atoms with van der Waals surface area (Å²) in [6.07, 6.45) is 25.0. The van der Waals surface area contributed by atoms with Crippen LogP contribution in [0.15, 0.2) is 12.2 Å². The van der Waals surface area contributed by atoms with Crippen LogP contribution < -0.4 is 0 Å². The number of phosphoric ester groups is 1. The van der Waals surface area contributed by atoms with E-state index in [-0.39, 0.29) is 19.4 Å². The standard InChI is InChI=1S/C34H65O10P/c1-3-5-7-9-11-12-13-14-15-16-17-18-20-21-23-25-33(37)41-29-32(30-43-45(39,40)42-28-31(36)27-35)44-34(38)26-24-22-19-10-8-6-4-2/h16-17,31-32,35-36H,3-15,18-30H2,1-2H3,(H,39,40)/b17-16+/t31-,32+/m1/s1. The van der Waals surface area contributed by atoms with Gasteiger partial charge in [0.1, 0.15) is 12.7 Å². The van der Waals surface area contributed by atoms with E-state index in [0.29, 0.717) is 12.8 Å². The summed E-state index contributed by atoms with van der Waals surface area (Å²) in [5.74, 6) is -0.948. The molecule has 0 aromatic rings. The molecule has 0 bridgehead atoms. The average Bonchev–Trinajstić information content (AvgIpc) is 3.02. The fourth-order valence-electron chi connectivity index (χ4n) is 4.63. The van der Waals surface area contributed by atoms with Gasteiger partial charge in [-0.15, -0.1) is 0 Å². The molecule has 3 atom stereocenters. The third kappa shape index (κ3) is 31.1. The van der Waals surface area contributed by atoms with Crippen molar-refractivity contribution in [3.05, 3.63) is 12.2 Å². The van der Waals surface area contributed by atoms with Gasteiger partial charge in [-0.3, -0.25) is 18.6 Å². The molecule has 0 aromatic heterocycles. The van der Waals surface area contributed by atoms with Crippen molar-refractivity contribution in [1.82, 2.24) is 0 Å². The zero-order valence-electron chi connectivity index (χ0n) is 28.3. The van der Waals surface area contributed by atoms with Crippen LogP contribution >= 0.6 is 7.82 Å². The lowest BCUT2D eigenvalue weighted by Crippen LogP contribution is -2.29. The van der Waals surface area contributed by atoms with E-state index in [1.165, 1.54) is 70.6 Å². The highest BCUT2D eigenvalue weighted by Crippen LogP contribution is 2.43. The van der Waals surface area contributed by atoms with Crippen molar-refractivity contribution < 1.29 is 47.8 Å². The second kappa shape index (κ2) is 31.3. The van der Waals surface area contributed by atoms with E-state index in [4.69, 9.17) is 19.1 Å². The first-order valence-electron chi connectivity index (χ1n) is 17.6. The lowest BCUT2D eigenvalue weighted by Gasteiger charge is -2.20. The Hall–Kier alpha value is -1.29. The zero-order chi connectivity index (χ0) is 33.4. The van der Waals surface area contributed by atoms with E-state index >= 15 is 0 Å². The summed E-state index contributed by atoms with van der Waals surface area (Å²) in [5.41, 5.74) is 0. The average molecular weight is 665 g/mol. The van der Waals surface area contributed by atoms with Crippen molar-refractivity contribution in [1.29, 1.82) is 0 Å². The Balaban J connectivity index is 4.33. The minimum atomic E-state index is -4.60. The summed E-state index contributed by atoms with van der Waals surface area (Å²) >= 11 is 0. The minimum absolute atomic E-state index is 0.182. The lowest BCUT2D eigenvalue weighted by molar-refractivity contribution is -0.161. The lowest BCUT2D eigenvalue weighted by atomic mass is 10.1. The third-order valence-electron chi connectivity index (χ3n) is 7.42. The topological polar surface area (TPSA) is 149 Å². The Bertz CT molecular complexity index is 776. The van der Waals surface area contributed by atoms with Gasteiger partial charge >= 0.3 is 19.8 Å². The number of allylic oxidation sites excluding steroid dienone is 2. The molecule has 11 heteroatoms. The number of unbranched alkanes of at least 4 members (excludes halogenated alkanes) is 17.